The third kappa shape index (κ3) is 7.75. The van der Waals surface area contributed by atoms with E-state index in [9.17, 15) is 8.78 Å². The first-order valence-corrected chi connectivity index (χ1v) is 11.7. The fourth-order valence-electron chi connectivity index (χ4n) is 3.52. The molecule has 0 saturated heterocycles. The molecule has 0 nitrogen and oxygen atoms in total. The number of allylic oxidation sites excluding steroid dienone is 6. The fraction of sp³-hybridized carbons (Fsp3) is 0. The van der Waals surface area contributed by atoms with Crippen LogP contribution in [0.3, 0.4) is 0 Å². The van der Waals surface area contributed by atoms with Crippen LogP contribution in [0.1, 0.15) is 22.3 Å². The topological polar surface area (TPSA) is 0 Å². The highest BCUT2D eigenvalue weighted by atomic mass is 19.1. The van der Waals surface area contributed by atoms with Crippen molar-refractivity contribution in [1.29, 1.82) is 0 Å². The molecule has 0 spiro atoms. The normalized spacial score (nSPS) is 11.7. The molecule has 0 fully saturated rings. The minimum Gasteiger partial charge on any atom is -0.207 e. The lowest BCUT2D eigenvalue weighted by Crippen LogP contribution is -1.84. The highest BCUT2D eigenvalue weighted by Gasteiger charge is 1.99. The van der Waals surface area contributed by atoms with Gasteiger partial charge in [-0.2, -0.15) is 0 Å². The van der Waals surface area contributed by atoms with Gasteiger partial charge >= 0.3 is 0 Å². The van der Waals surface area contributed by atoms with Crippen molar-refractivity contribution in [1.82, 2.24) is 0 Å². The number of halogens is 2. The minimum atomic E-state index is -0.267. The second kappa shape index (κ2) is 12.8. The van der Waals surface area contributed by atoms with Crippen molar-refractivity contribution in [2.24, 2.45) is 0 Å². The first kappa shape index (κ1) is 24.6. The Morgan fingerprint density at radius 2 is 0.639 bits per heavy atom. The molecule has 0 aliphatic heterocycles. The average molecular weight is 473 g/mol. The molecule has 36 heavy (non-hydrogen) atoms. The number of hydrogen-bond acceptors (Lipinski definition) is 0. The maximum atomic E-state index is 13.4. The Morgan fingerprint density at radius 3 is 0.944 bits per heavy atom. The van der Waals surface area contributed by atoms with Gasteiger partial charge in [0, 0.05) is 0 Å². The molecule has 0 amide bonds. The van der Waals surface area contributed by atoms with E-state index in [1.807, 2.05) is 60.7 Å². The maximum absolute atomic E-state index is 13.4. The molecule has 0 heterocycles. The van der Waals surface area contributed by atoms with Crippen molar-refractivity contribution in [3.8, 4) is 0 Å². The number of benzene rings is 4. The van der Waals surface area contributed by atoms with Crippen LogP contribution in [-0.4, -0.2) is 0 Å². The van der Waals surface area contributed by atoms with E-state index >= 15 is 0 Å². The summed E-state index contributed by atoms with van der Waals surface area (Å²) in [5.41, 5.74) is 5.90. The van der Waals surface area contributed by atoms with Gasteiger partial charge in [0.15, 0.2) is 0 Å². The van der Waals surface area contributed by atoms with Crippen molar-refractivity contribution >= 4 is 24.3 Å². The quantitative estimate of drug-likeness (QED) is 0.224. The van der Waals surface area contributed by atoms with Crippen LogP contribution in [0.15, 0.2) is 145 Å². The highest BCUT2D eigenvalue weighted by molar-refractivity contribution is 5.68. The zero-order valence-corrected chi connectivity index (χ0v) is 19.8. The molecule has 0 radical (unpaired) electrons. The maximum Gasteiger partial charge on any atom is 0.123 e. The molecule has 0 bridgehead atoms. The third-order valence-electron chi connectivity index (χ3n) is 5.49. The number of hydrogen-bond donors (Lipinski definition) is 0. The summed E-state index contributed by atoms with van der Waals surface area (Å²) >= 11 is 0. The molecule has 0 aliphatic carbocycles. The minimum absolute atomic E-state index is 0.267. The monoisotopic (exact) mass is 472 g/mol. The lowest BCUT2D eigenvalue weighted by atomic mass is 10.0. The van der Waals surface area contributed by atoms with Gasteiger partial charge in [-0.25, -0.2) is 8.78 Å². The van der Waals surface area contributed by atoms with Crippen molar-refractivity contribution in [3.63, 3.8) is 0 Å². The summed E-state index contributed by atoms with van der Waals surface area (Å²) in [5, 5.41) is 0. The summed E-state index contributed by atoms with van der Waals surface area (Å²) in [6.07, 6.45) is 16.2. The Balaban J connectivity index is 1.78. The van der Waals surface area contributed by atoms with E-state index in [1.54, 1.807) is 24.3 Å². The van der Waals surface area contributed by atoms with Crippen molar-refractivity contribution in [2.75, 3.05) is 0 Å². The smallest absolute Gasteiger partial charge is 0.123 e. The Morgan fingerprint density at radius 1 is 0.361 bits per heavy atom. The Bertz CT molecular complexity index is 1280. The summed E-state index contributed by atoms with van der Waals surface area (Å²) in [6.45, 7) is 0. The van der Waals surface area contributed by atoms with E-state index in [4.69, 9.17) is 0 Å². The Hall–Kier alpha value is -4.56. The van der Waals surface area contributed by atoms with Crippen LogP contribution in [0.5, 0.6) is 0 Å². The van der Waals surface area contributed by atoms with Gasteiger partial charge in [-0.3, -0.25) is 0 Å². The van der Waals surface area contributed by atoms with Crippen molar-refractivity contribution in [2.45, 2.75) is 0 Å². The second-order valence-corrected chi connectivity index (χ2v) is 8.17. The van der Waals surface area contributed by atoms with Crippen molar-refractivity contribution in [3.05, 3.63) is 179 Å². The van der Waals surface area contributed by atoms with Gasteiger partial charge in [-0.05, 0) is 57.7 Å². The SMILES string of the molecule is Fc1ccc(/C=C/C(/C=C/c2ccc(F)cc2)=C(/C=C/c2ccccc2)/C=C/c2ccccc2)cc1. The van der Waals surface area contributed by atoms with Gasteiger partial charge < -0.3 is 0 Å². The molecule has 0 aliphatic rings. The molecule has 0 atom stereocenters. The van der Waals surface area contributed by atoms with Crippen LogP contribution in [0, 0.1) is 11.6 Å². The lowest BCUT2D eigenvalue weighted by Gasteiger charge is -2.04. The predicted octanol–water partition coefficient (Wildman–Crippen LogP) is 9.41. The van der Waals surface area contributed by atoms with Crippen LogP contribution in [0.4, 0.5) is 8.78 Å². The van der Waals surface area contributed by atoms with E-state index in [0.717, 1.165) is 33.4 Å². The molecular formula is C34H26F2. The Labute approximate surface area is 211 Å². The molecule has 4 rings (SSSR count). The highest BCUT2D eigenvalue weighted by Crippen LogP contribution is 2.19. The molecular weight excluding hydrogens is 446 g/mol. The number of rotatable bonds is 8. The molecule has 0 saturated carbocycles. The van der Waals surface area contributed by atoms with Crippen LogP contribution >= 0.6 is 0 Å². The van der Waals surface area contributed by atoms with Gasteiger partial charge in [0.1, 0.15) is 11.6 Å². The molecule has 0 N–H and O–H groups in total. The van der Waals surface area contributed by atoms with Gasteiger partial charge in [-0.15, -0.1) is 0 Å². The Kier molecular flexibility index (Phi) is 8.72. The molecule has 0 unspecified atom stereocenters. The largest absolute Gasteiger partial charge is 0.207 e. The summed E-state index contributed by atoms with van der Waals surface area (Å²) in [5.74, 6) is -0.534. The predicted molar refractivity (Wildman–Crippen MR) is 149 cm³/mol. The average Bonchev–Trinajstić information content (AvgIpc) is 2.92. The first-order valence-electron chi connectivity index (χ1n) is 11.7. The van der Waals surface area contributed by atoms with E-state index in [2.05, 4.69) is 48.6 Å². The van der Waals surface area contributed by atoms with E-state index in [-0.39, 0.29) is 11.6 Å². The fourth-order valence-corrected chi connectivity index (χ4v) is 3.52. The van der Waals surface area contributed by atoms with Gasteiger partial charge in [0.2, 0.25) is 0 Å². The van der Waals surface area contributed by atoms with Gasteiger partial charge in [-0.1, -0.05) is 134 Å². The summed E-state index contributed by atoms with van der Waals surface area (Å²) < 4.78 is 26.8. The summed E-state index contributed by atoms with van der Waals surface area (Å²) in [6, 6.07) is 33.0. The van der Waals surface area contributed by atoms with Crippen molar-refractivity contribution < 1.29 is 8.78 Å². The lowest BCUT2D eigenvalue weighted by molar-refractivity contribution is 0.627. The molecule has 176 valence electrons. The summed E-state index contributed by atoms with van der Waals surface area (Å²) in [7, 11) is 0. The summed E-state index contributed by atoms with van der Waals surface area (Å²) in [4.78, 5) is 0. The molecule has 0 aromatic heterocycles. The standard InChI is InChI=1S/C34H26F2/c35-33-23-15-29(16-24-33)13-21-32(22-14-30-17-25-34(36)26-18-30)31(19-11-27-7-3-1-4-8-27)20-12-28-9-5-2-6-10-28/h1-26H/b19-11+,20-12+,21-13+,22-14+. The van der Waals surface area contributed by atoms with E-state index < -0.39 is 0 Å². The molecule has 4 aromatic carbocycles. The van der Waals surface area contributed by atoms with Crippen LogP contribution in [-0.2, 0) is 0 Å². The van der Waals surface area contributed by atoms with Gasteiger partial charge in [0.05, 0.1) is 0 Å². The first-order chi connectivity index (χ1) is 17.7. The van der Waals surface area contributed by atoms with E-state index in [1.165, 1.54) is 24.3 Å². The van der Waals surface area contributed by atoms with Crippen LogP contribution in [0.2, 0.25) is 0 Å². The molecule has 2 heteroatoms. The van der Waals surface area contributed by atoms with Crippen LogP contribution in [0.25, 0.3) is 24.3 Å². The third-order valence-corrected chi connectivity index (χ3v) is 5.49. The second-order valence-electron chi connectivity index (χ2n) is 8.17. The van der Waals surface area contributed by atoms with E-state index in [0.29, 0.717) is 0 Å². The van der Waals surface area contributed by atoms with Gasteiger partial charge in [0.25, 0.3) is 0 Å². The van der Waals surface area contributed by atoms with Crippen LogP contribution < -0.4 is 0 Å². The zero-order chi connectivity index (χ0) is 25.0. The molecule has 4 aromatic rings. The zero-order valence-electron chi connectivity index (χ0n) is 19.8.